The summed E-state index contributed by atoms with van der Waals surface area (Å²) >= 11 is 0. The van der Waals surface area contributed by atoms with E-state index >= 15 is 0 Å². The van der Waals surface area contributed by atoms with Gasteiger partial charge in [-0.2, -0.15) is 0 Å². The number of benzene rings is 1. The molecule has 0 spiro atoms. The maximum absolute atomic E-state index is 12.8. The Bertz CT molecular complexity index is 510. The van der Waals surface area contributed by atoms with E-state index in [4.69, 9.17) is 4.74 Å². The van der Waals surface area contributed by atoms with Crippen LogP contribution < -0.4 is 4.74 Å². The summed E-state index contributed by atoms with van der Waals surface area (Å²) < 4.78 is 18.3. The third-order valence-corrected chi connectivity index (χ3v) is 3.51. The number of hydrogen-bond donors (Lipinski definition) is 0. The van der Waals surface area contributed by atoms with Crippen LogP contribution in [0.5, 0.6) is 5.75 Å². The highest BCUT2D eigenvalue weighted by atomic mass is 19.1. The average molecular weight is 294 g/mol. The summed E-state index contributed by atoms with van der Waals surface area (Å²) in [6.07, 6.45) is -0.640. The number of piperazine rings is 1. The van der Waals surface area contributed by atoms with Gasteiger partial charge in [0.2, 0.25) is 5.91 Å². The number of carbonyl (C=O) groups is 2. The summed E-state index contributed by atoms with van der Waals surface area (Å²) in [5.41, 5.74) is 0. The van der Waals surface area contributed by atoms with Gasteiger partial charge in [-0.3, -0.25) is 9.59 Å². The number of carbonyl (C=O) groups excluding carboxylic acids is 2. The molecule has 0 bridgehead atoms. The van der Waals surface area contributed by atoms with E-state index in [0.717, 1.165) is 0 Å². The molecule has 2 amide bonds. The van der Waals surface area contributed by atoms with Crippen molar-refractivity contribution in [2.75, 3.05) is 26.2 Å². The number of nitrogens with zero attached hydrogens (tertiary/aromatic N) is 2. The quantitative estimate of drug-likeness (QED) is 0.844. The summed E-state index contributed by atoms with van der Waals surface area (Å²) in [6, 6.07) is 5.57. The normalized spacial score (nSPS) is 16.5. The van der Waals surface area contributed by atoms with Crippen molar-refractivity contribution in [1.82, 2.24) is 9.80 Å². The molecule has 0 aliphatic carbocycles. The van der Waals surface area contributed by atoms with Gasteiger partial charge in [-0.25, -0.2) is 4.39 Å². The average Bonchev–Trinajstić information content (AvgIpc) is 2.49. The van der Waals surface area contributed by atoms with Crippen LogP contribution in [0.4, 0.5) is 4.39 Å². The molecule has 1 aromatic rings. The summed E-state index contributed by atoms with van der Waals surface area (Å²) in [4.78, 5) is 26.9. The lowest BCUT2D eigenvalue weighted by molar-refractivity contribution is -0.143. The Hall–Kier alpha value is -2.11. The van der Waals surface area contributed by atoms with Crippen LogP contribution in [-0.4, -0.2) is 53.9 Å². The number of hydrogen-bond acceptors (Lipinski definition) is 3. The number of amides is 2. The molecule has 114 valence electrons. The molecular formula is C15H19FN2O3. The van der Waals surface area contributed by atoms with Crippen molar-refractivity contribution >= 4 is 11.8 Å². The standard InChI is InChI=1S/C15H19FN2O3/c1-11(21-14-5-3-13(16)4-6-14)15(20)18-9-7-17(8-10-18)12(2)19/h3-6,11H,7-10H2,1-2H3/t11-/m1/s1. The zero-order valence-electron chi connectivity index (χ0n) is 12.2. The summed E-state index contributed by atoms with van der Waals surface area (Å²) in [5.74, 6) is 0.0153. The van der Waals surface area contributed by atoms with Crippen LogP contribution in [0.2, 0.25) is 0 Å². The third-order valence-electron chi connectivity index (χ3n) is 3.51. The highest BCUT2D eigenvalue weighted by Gasteiger charge is 2.26. The fourth-order valence-electron chi connectivity index (χ4n) is 2.27. The fourth-order valence-corrected chi connectivity index (χ4v) is 2.27. The molecule has 5 nitrogen and oxygen atoms in total. The lowest BCUT2D eigenvalue weighted by atomic mass is 10.2. The third kappa shape index (κ3) is 3.93. The topological polar surface area (TPSA) is 49.9 Å². The first-order chi connectivity index (χ1) is 9.97. The Morgan fingerprint density at radius 2 is 1.62 bits per heavy atom. The first-order valence-electron chi connectivity index (χ1n) is 6.94. The number of ether oxygens (including phenoxy) is 1. The number of halogens is 1. The molecular weight excluding hydrogens is 275 g/mol. The number of rotatable bonds is 3. The second-order valence-electron chi connectivity index (χ2n) is 5.05. The van der Waals surface area contributed by atoms with Gasteiger partial charge in [0.25, 0.3) is 5.91 Å². The summed E-state index contributed by atoms with van der Waals surface area (Å²) in [6.45, 7) is 5.31. The zero-order chi connectivity index (χ0) is 15.4. The molecule has 0 N–H and O–H groups in total. The second kappa shape index (κ2) is 6.56. The van der Waals surface area contributed by atoms with E-state index < -0.39 is 6.10 Å². The van der Waals surface area contributed by atoms with Crippen molar-refractivity contribution in [3.05, 3.63) is 30.1 Å². The molecule has 0 saturated carbocycles. The Balaban J connectivity index is 1.88. The molecule has 0 unspecified atom stereocenters. The van der Waals surface area contributed by atoms with E-state index in [1.807, 2.05) is 0 Å². The van der Waals surface area contributed by atoms with Crippen molar-refractivity contribution < 1.29 is 18.7 Å². The van der Waals surface area contributed by atoms with E-state index in [1.165, 1.54) is 31.2 Å². The molecule has 1 fully saturated rings. The van der Waals surface area contributed by atoms with Gasteiger partial charge in [0, 0.05) is 33.1 Å². The Kier molecular flexibility index (Phi) is 4.77. The van der Waals surface area contributed by atoms with Gasteiger partial charge in [0.05, 0.1) is 0 Å². The summed E-state index contributed by atoms with van der Waals surface area (Å²) in [5, 5.41) is 0. The highest BCUT2D eigenvalue weighted by molar-refractivity contribution is 5.81. The van der Waals surface area contributed by atoms with Gasteiger partial charge >= 0.3 is 0 Å². The minimum absolute atomic E-state index is 0.0257. The van der Waals surface area contributed by atoms with Crippen molar-refractivity contribution in [3.63, 3.8) is 0 Å². The zero-order valence-corrected chi connectivity index (χ0v) is 12.2. The predicted molar refractivity (Wildman–Crippen MR) is 75.3 cm³/mol. The van der Waals surface area contributed by atoms with Crippen LogP contribution in [0.15, 0.2) is 24.3 Å². The Morgan fingerprint density at radius 1 is 1.10 bits per heavy atom. The van der Waals surface area contributed by atoms with Crippen LogP contribution in [-0.2, 0) is 9.59 Å². The van der Waals surface area contributed by atoms with Crippen LogP contribution in [0, 0.1) is 5.82 Å². The van der Waals surface area contributed by atoms with E-state index in [0.29, 0.717) is 31.9 Å². The fraction of sp³-hybridized carbons (Fsp3) is 0.467. The van der Waals surface area contributed by atoms with Crippen LogP contribution in [0.3, 0.4) is 0 Å². The van der Waals surface area contributed by atoms with Gasteiger partial charge in [0.15, 0.2) is 6.10 Å². The van der Waals surface area contributed by atoms with Crippen molar-refractivity contribution in [2.45, 2.75) is 20.0 Å². The minimum Gasteiger partial charge on any atom is -0.481 e. The molecule has 1 atom stereocenters. The van der Waals surface area contributed by atoms with Gasteiger partial charge in [0.1, 0.15) is 11.6 Å². The van der Waals surface area contributed by atoms with Crippen LogP contribution >= 0.6 is 0 Å². The predicted octanol–water partition coefficient (Wildman–Crippen LogP) is 1.28. The Labute approximate surface area is 123 Å². The van der Waals surface area contributed by atoms with Gasteiger partial charge in [-0.15, -0.1) is 0 Å². The highest BCUT2D eigenvalue weighted by Crippen LogP contribution is 2.14. The molecule has 1 saturated heterocycles. The minimum atomic E-state index is -0.640. The van der Waals surface area contributed by atoms with Crippen molar-refractivity contribution in [3.8, 4) is 5.75 Å². The monoisotopic (exact) mass is 294 g/mol. The van der Waals surface area contributed by atoms with Crippen molar-refractivity contribution in [2.24, 2.45) is 0 Å². The maximum atomic E-state index is 12.8. The molecule has 6 heteroatoms. The van der Waals surface area contributed by atoms with E-state index in [2.05, 4.69) is 0 Å². The molecule has 1 aromatic carbocycles. The SMILES string of the molecule is CC(=O)N1CCN(C(=O)[C@@H](C)Oc2ccc(F)cc2)CC1. The molecule has 0 radical (unpaired) electrons. The van der Waals surface area contributed by atoms with E-state index in [9.17, 15) is 14.0 Å². The van der Waals surface area contributed by atoms with E-state index in [1.54, 1.807) is 16.7 Å². The van der Waals surface area contributed by atoms with Gasteiger partial charge in [-0.05, 0) is 31.2 Å². The summed E-state index contributed by atoms with van der Waals surface area (Å²) in [7, 11) is 0. The largest absolute Gasteiger partial charge is 0.481 e. The Morgan fingerprint density at radius 3 is 2.14 bits per heavy atom. The molecule has 1 heterocycles. The smallest absolute Gasteiger partial charge is 0.263 e. The molecule has 1 aliphatic heterocycles. The lowest BCUT2D eigenvalue weighted by Gasteiger charge is -2.35. The first-order valence-corrected chi connectivity index (χ1v) is 6.94. The van der Waals surface area contributed by atoms with Crippen molar-refractivity contribution in [1.29, 1.82) is 0 Å². The lowest BCUT2D eigenvalue weighted by Crippen LogP contribution is -2.52. The molecule has 0 aromatic heterocycles. The van der Waals surface area contributed by atoms with Gasteiger partial charge in [-0.1, -0.05) is 0 Å². The maximum Gasteiger partial charge on any atom is 0.263 e. The molecule has 1 aliphatic rings. The van der Waals surface area contributed by atoms with Crippen LogP contribution in [0.1, 0.15) is 13.8 Å². The first kappa shape index (κ1) is 15.3. The van der Waals surface area contributed by atoms with Crippen LogP contribution in [0.25, 0.3) is 0 Å². The molecule has 2 rings (SSSR count). The van der Waals surface area contributed by atoms with E-state index in [-0.39, 0.29) is 17.6 Å². The van der Waals surface area contributed by atoms with Gasteiger partial charge < -0.3 is 14.5 Å². The molecule has 21 heavy (non-hydrogen) atoms. The second-order valence-corrected chi connectivity index (χ2v) is 5.05.